The summed E-state index contributed by atoms with van der Waals surface area (Å²) < 4.78 is 13.6. The van der Waals surface area contributed by atoms with Gasteiger partial charge in [0.2, 0.25) is 0 Å². The van der Waals surface area contributed by atoms with E-state index < -0.39 is 17.3 Å². The van der Waals surface area contributed by atoms with Crippen LogP contribution >= 0.6 is 23.2 Å². The van der Waals surface area contributed by atoms with Crippen LogP contribution in [0, 0.1) is 5.82 Å². The molecule has 0 aliphatic rings. The van der Waals surface area contributed by atoms with Crippen molar-refractivity contribution < 1.29 is 14.3 Å². The van der Waals surface area contributed by atoms with E-state index in [2.05, 4.69) is 15.3 Å². The molecule has 1 unspecified atom stereocenters. The van der Waals surface area contributed by atoms with E-state index in [0.29, 0.717) is 6.42 Å². The van der Waals surface area contributed by atoms with Gasteiger partial charge in [-0.1, -0.05) is 28.3 Å². The Kier molecular flexibility index (Phi) is 6.23. The summed E-state index contributed by atoms with van der Waals surface area (Å²) in [7, 11) is 0. The SMILES string of the molecule is CC(NCCCN=[N+]=[N-])(C(=O)O)c1cc(F)c(Cl)cc1Cl. The molecule has 21 heavy (non-hydrogen) atoms. The molecule has 1 rings (SSSR count). The number of nitrogens with zero attached hydrogens (tertiary/aromatic N) is 3. The van der Waals surface area contributed by atoms with Gasteiger partial charge in [-0.05, 0) is 37.6 Å². The predicted octanol–water partition coefficient (Wildman–Crippen LogP) is 3.72. The average molecular weight is 335 g/mol. The highest BCUT2D eigenvalue weighted by Gasteiger charge is 2.37. The highest BCUT2D eigenvalue weighted by molar-refractivity contribution is 6.35. The zero-order valence-corrected chi connectivity index (χ0v) is 12.6. The molecule has 114 valence electrons. The maximum atomic E-state index is 13.6. The second-order valence-corrected chi connectivity index (χ2v) is 5.23. The molecule has 1 aromatic rings. The maximum absolute atomic E-state index is 13.6. The van der Waals surface area contributed by atoms with Gasteiger partial charge in [-0.15, -0.1) is 0 Å². The van der Waals surface area contributed by atoms with Crippen molar-refractivity contribution in [2.24, 2.45) is 5.11 Å². The van der Waals surface area contributed by atoms with E-state index in [1.54, 1.807) is 0 Å². The van der Waals surface area contributed by atoms with Crippen molar-refractivity contribution in [2.45, 2.75) is 18.9 Å². The summed E-state index contributed by atoms with van der Waals surface area (Å²) in [5.41, 5.74) is 6.64. The Balaban J connectivity index is 3.02. The number of azide groups is 1. The minimum Gasteiger partial charge on any atom is -0.480 e. The summed E-state index contributed by atoms with van der Waals surface area (Å²) >= 11 is 11.6. The van der Waals surface area contributed by atoms with E-state index in [4.69, 9.17) is 28.7 Å². The second-order valence-electron chi connectivity index (χ2n) is 4.41. The smallest absolute Gasteiger partial charge is 0.328 e. The minimum absolute atomic E-state index is 0.0499. The van der Waals surface area contributed by atoms with Crippen molar-refractivity contribution in [1.29, 1.82) is 0 Å². The molecule has 0 heterocycles. The molecule has 0 bridgehead atoms. The topological polar surface area (TPSA) is 98.1 Å². The van der Waals surface area contributed by atoms with Crippen LogP contribution in [-0.4, -0.2) is 24.2 Å². The van der Waals surface area contributed by atoms with E-state index in [1.807, 2.05) is 0 Å². The third-order valence-corrected chi connectivity index (χ3v) is 3.56. The minimum atomic E-state index is -1.58. The predicted molar refractivity (Wildman–Crippen MR) is 78.0 cm³/mol. The first-order chi connectivity index (χ1) is 9.82. The molecular weight excluding hydrogens is 322 g/mol. The van der Waals surface area contributed by atoms with E-state index in [0.717, 1.165) is 12.1 Å². The van der Waals surface area contributed by atoms with Gasteiger partial charge in [-0.3, -0.25) is 5.32 Å². The van der Waals surface area contributed by atoms with Crippen molar-refractivity contribution in [2.75, 3.05) is 13.1 Å². The summed E-state index contributed by atoms with van der Waals surface area (Å²) in [5, 5.41) is 15.4. The summed E-state index contributed by atoms with van der Waals surface area (Å²) in [4.78, 5) is 14.1. The van der Waals surface area contributed by atoms with Crippen molar-refractivity contribution >= 4 is 29.2 Å². The number of carbonyl (C=O) groups is 1. The molecule has 0 saturated heterocycles. The van der Waals surface area contributed by atoms with Gasteiger partial charge in [-0.25, -0.2) is 9.18 Å². The number of hydrogen-bond acceptors (Lipinski definition) is 3. The molecule has 0 spiro atoms. The molecule has 0 amide bonds. The largest absolute Gasteiger partial charge is 0.480 e. The number of carboxylic acid groups (broad SMARTS) is 1. The fourth-order valence-electron chi connectivity index (χ4n) is 1.72. The number of carboxylic acids is 1. The van der Waals surface area contributed by atoms with Crippen LogP contribution in [0.1, 0.15) is 18.9 Å². The lowest BCUT2D eigenvalue weighted by Crippen LogP contribution is -2.47. The van der Waals surface area contributed by atoms with Gasteiger partial charge in [-0.2, -0.15) is 0 Å². The molecule has 2 N–H and O–H groups in total. The highest BCUT2D eigenvalue weighted by atomic mass is 35.5. The van der Waals surface area contributed by atoms with Gasteiger partial charge >= 0.3 is 5.97 Å². The molecule has 1 aromatic carbocycles. The normalized spacial score (nSPS) is 13.3. The molecule has 0 fully saturated rings. The van der Waals surface area contributed by atoms with Crippen molar-refractivity contribution in [1.82, 2.24) is 5.32 Å². The van der Waals surface area contributed by atoms with Crippen LogP contribution in [0.25, 0.3) is 10.4 Å². The maximum Gasteiger partial charge on any atom is 0.328 e. The van der Waals surface area contributed by atoms with Gasteiger partial charge < -0.3 is 5.11 Å². The van der Waals surface area contributed by atoms with Gasteiger partial charge in [0, 0.05) is 22.0 Å². The fourth-order valence-corrected chi connectivity index (χ4v) is 2.30. The molecule has 0 radical (unpaired) electrons. The van der Waals surface area contributed by atoms with E-state index >= 15 is 0 Å². The Labute approximate surface area is 130 Å². The summed E-state index contributed by atoms with van der Waals surface area (Å²) in [6, 6.07) is 2.16. The molecular formula is C12H13Cl2FN4O2. The number of hydrogen-bond donors (Lipinski definition) is 2. The molecule has 0 aromatic heterocycles. The van der Waals surface area contributed by atoms with Crippen molar-refractivity contribution in [3.8, 4) is 0 Å². The Morgan fingerprint density at radius 1 is 1.52 bits per heavy atom. The molecule has 0 aliphatic heterocycles. The third kappa shape index (κ3) is 4.22. The summed E-state index contributed by atoms with van der Waals surface area (Å²) in [5.74, 6) is -1.96. The monoisotopic (exact) mass is 334 g/mol. The van der Waals surface area contributed by atoms with Crippen molar-refractivity contribution in [3.05, 3.63) is 44.0 Å². The summed E-state index contributed by atoms with van der Waals surface area (Å²) in [6.07, 6.45) is 0.431. The fraction of sp³-hybridized carbons (Fsp3) is 0.417. The van der Waals surface area contributed by atoms with Gasteiger partial charge in [0.05, 0.1) is 5.02 Å². The van der Waals surface area contributed by atoms with Crippen LogP contribution in [0.5, 0.6) is 0 Å². The lowest BCUT2D eigenvalue weighted by atomic mass is 9.91. The van der Waals surface area contributed by atoms with Crippen LogP contribution in [0.2, 0.25) is 10.0 Å². The molecule has 6 nitrogen and oxygen atoms in total. The molecule has 1 atom stereocenters. The lowest BCUT2D eigenvalue weighted by molar-refractivity contribution is -0.144. The third-order valence-electron chi connectivity index (χ3n) is 2.95. The number of rotatable bonds is 7. The Bertz CT molecular complexity index is 593. The molecule has 9 heteroatoms. The number of halogens is 3. The van der Waals surface area contributed by atoms with Crippen LogP contribution < -0.4 is 5.32 Å². The van der Waals surface area contributed by atoms with E-state index in [1.165, 1.54) is 6.92 Å². The molecule has 0 saturated carbocycles. The van der Waals surface area contributed by atoms with Gasteiger partial charge in [0.25, 0.3) is 0 Å². The van der Waals surface area contributed by atoms with Crippen LogP contribution in [0.15, 0.2) is 17.2 Å². The first-order valence-electron chi connectivity index (χ1n) is 5.97. The van der Waals surface area contributed by atoms with E-state index in [9.17, 15) is 14.3 Å². The quantitative estimate of drug-likeness (QED) is 0.261. The van der Waals surface area contributed by atoms with Gasteiger partial charge in [0.15, 0.2) is 0 Å². The Hall–Kier alpha value is -1.53. The zero-order chi connectivity index (χ0) is 16.0. The van der Waals surface area contributed by atoms with Crippen LogP contribution in [0.4, 0.5) is 4.39 Å². The highest BCUT2D eigenvalue weighted by Crippen LogP contribution is 2.32. The van der Waals surface area contributed by atoms with Crippen molar-refractivity contribution in [3.63, 3.8) is 0 Å². The van der Waals surface area contributed by atoms with Gasteiger partial charge in [0.1, 0.15) is 11.4 Å². The number of aliphatic carboxylic acids is 1. The van der Waals surface area contributed by atoms with Crippen LogP contribution in [0.3, 0.4) is 0 Å². The first-order valence-corrected chi connectivity index (χ1v) is 6.73. The Morgan fingerprint density at radius 3 is 2.76 bits per heavy atom. The Morgan fingerprint density at radius 2 is 2.19 bits per heavy atom. The average Bonchev–Trinajstić information content (AvgIpc) is 2.42. The lowest BCUT2D eigenvalue weighted by Gasteiger charge is -2.28. The summed E-state index contributed by atoms with van der Waals surface area (Å²) in [6.45, 7) is 1.85. The number of benzene rings is 1. The second kappa shape index (κ2) is 7.47. The number of nitrogens with one attached hydrogen (secondary N) is 1. The molecule has 0 aliphatic carbocycles. The standard InChI is InChI=1S/C12H13Cl2FN4O2/c1-12(11(20)21,17-3-2-4-18-19-16)7-5-10(15)9(14)6-8(7)13/h5-6,17H,2-4H2,1H3,(H,20,21). The van der Waals surface area contributed by atoms with Crippen LogP contribution in [-0.2, 0) is 10.3 Å². The zero-order valence-electron chi connectivity index (χ0n) is 11.1. The first kappa shape index (κ1) is 17.5. The van der Waals surface area contributed by atoms with E-state index in [-0.39, 0.29) is 28.7 Å².